The van der Waals surface area contributed by atoms with Crippen LogP contribution in [0, 0.1) is 0 Å². The number of aromatic amines is 1. The van der Waals surface area contributed by atoms with Gasteiger partial charge in [-0.1, -0.05) is 38.1 Å². The minimum atomic E-state index is -3.63. The summed E-state index contributed by atoms with van der Waals surface area (Å²) in [7, 11) is -3.63. The predicted octanol–water partition coefficient (Wildman–Crippen LogP) is 2.96. The number of ether oxygens (including phenoxy) is 1. The molecule has 0 spiro atoms. The van der Waals surface area contributed by atoms with E-state index >= 15 is 0 Å². The number of hydrogen-bond donors (Lipinski definition) is 1. The first-order valence-corrected chi connectivity index (χ1v) is 12.0. The number of aromatic nitrogens is 1. The van der Waals surface area contributed by atoms with Gasteiger partial charge < -0.3 is 14.6 Å². The number of hydrogen-bond acceptors (Lipinski definition) is 4. The number of nitrogens with one attached hydrogen (secondary N) is 1. The molecular formula is C22H29N3O4S. The van der Waals surface area contributed by atoms with Gasteiger partial charge in [-0.15, -0.1) is 0 Å². The highest BCUT2D eigenvalue weighted by Crippen LogP contribution is 2.30. The molecule has 2 heterocycles. The van der Waals surface area contributed by atoms with Crippen molar-refractivity contribution in [3.63, 3.8) is 0 Å². The van der Waals surface area contributed by atoms with E-state index in [1.165, 1.54) is 22.1 Å². The van der Waals surface area contributed by atoms with Crippen molar-refractivity contribution in [3.05, 3.63) is 53.3 Å². The molecule has 1 aromatic heterocycles. The van der Waals surface area contributed by atoms with Crippen LogP contribution in [0.25, 0.3) is 0 Å². The summed E-state index contributed by atoms with van der Waals surface area (Å²) >= 11 is 0. The first-order valence-electron chi connectivity index (χ1n) is 10.5. The third-order valence-corrected chi connectivity index (χ3v) is 7.62. The minimum absolute atomic E-state index is 0.129. The Morgan fingerprint density at radius 1 is 1.20 bits per heavy atom. The summed E-state index contributed by atoms with van der Waals surface area (Å²) in [6, 6.07) is 10.0. The number of morpholine rings is 1. The van der Waals surface area contributed by atoms with Crippen LogP contribution in [0.3, 0.4) is 0 Å². The molecule has 2 aromatic rings. The van der Waals surface area contributed by atoms with Gasteiger partial charge in [0, 0.05) is 31.9 Å². The maximum atomic E-state index is 13.2. The van der Waals surface area contributed by atoms with E-state index in [9.17, 15) is 13.2 Å². The Labute approximate surface area is 178 Å². The van der Waals surface area contributed by atoms with Crippen LogP contribution in [0.4, 0.5) is 0 Å². The molecule has 2 fully saturated rings. The van der Waals surface area contributed by atoms with E-state index in [0.717, 1.165) is 18.4 Å². The van der Waals surface area contributed by atoms with Crippen molar-refractivity contribution in [2.45, 2.75) is 50.1 Å². The molecular weight excluding hydrogens is 402 g/mol. The van der Waals surface area contributed by atoms with Crippen LogP contribution in [0.1, 0.15) is 54.2 Å². The Balaban J connectivity index is 1.50. The Bertz CT molecular complexity index is 988. The first kappa shape index (κ1) is 21.1. The molecule has 2 aliphatic rings. The Morgan fingerprint density at radius 3 is 2.47 bits per heavy atom. The number of carbonyl (C=O) groups excluding carboxylic acids is 1. The Morgan fingerprint density at radius 2 is 1.87 bits per heavy atom. The van der Waals surface area contributed by atoms with Crippen molar-refractivity contribution < 1.29 is 17.9 Å². The molecule has 0 bridgehead atoms. The fraction of sp³-hybridized carbons (Fsp3) is 0.500. The fourth-order valence-electron chi connectivity index (χ4n) is 3.70. The summed E-state index contributed by atoms with van der Waals surface area (Å²) in [4.78, 5) is 18.1. The highest BCUT2D eigenvalue weighted by molar-refractivity contribution is 7.89. The van der Waals surface area contributed by atoms with Crippen molar-refractivity contribution in [1.82, 2.24) is 14.2 Å². The summed E-state index contributed by atoms with van der Waals surface area (Å²) in [5.74, 6) is 0.305. The molecule has 1 aromatic carbocycles. The second kappa shape index (κ2) is 8.53. The SMILES string of the molecule is CC(C)c1ccc(CN(C(=O)c2cc(S(=O)(=O)N3CCOCC3)c[nH]2)C2CC2)cc1. The molecule has 0 radical (unpaired) electrons. The first-order chi connectivity index (χ1) is 14.4. The summed E-state index contributed by atoms with van der Waals surface area (Å²) in [6.45, 7) is 6.27. The van der Waals surface area contributed by atoms with Crippen molar-refractivity contribution in [2.75, 3.05) is 26.3 Å². The second-order valence-electron chi connectivity index (χ2n) is 8.33. The summed E-state index contributed by atoms with van der Waals surface area (Å²) in [5.41, 5.74) is 2.66. The molecule has 8 heteroatoms. The van der Waals surface area contributed by atoms with Gasteiger partial charge in [0.15, 0.2) is 0 Å². The number of amides is 1. The van der Waals surface area contributed by atoms with E-state index in [1.807, 2.05) is 4.90 Å². The highest BCUT2D eigenvalue weighted by atomic mass is 32.2. The van der Waals surface area contributed by atoms with Gasteiger partial charge in [0.05, 0.1) is 13.2 Å². The number of nitrogens with zero attached hydrogens (tertiary/aromatic N) is 2. The minimum Gasteiger partial charge on any atom is -0.379 e. The van der Waals surface area contributed by atoms with Crippen LogP contribution < -0.4 is 0 Å². The summed E-state index contributed by atoms with van der Waals surface area (Å²) in [5, 5.41) is 0. The Kier molecular flexibility index (Phi) is 5.99. The van der Waals surface area contributed by atoms with Crippen LogP contribution in [0.2, 0.25) is 0 Å². The second-order valence-corrected chi connectivity index (χ2v) is 10.3. The van der Waals surface area contributed by atoms with E-state index < -0.39 is 10.0 Å². The van der Waals surface area contributed by atoms with E-state index in [4.69, 9.17) is 4.74 Å². The van der Waals surface area contributed by atoms with Crippen molar-refractivity contribution in [1.29, 1.82) is 0 Å². The quantitative estimate of drug-likeness (QED) is 0.731. The average molecular weight is 432 g/mol. The Hall–Kier alpha value is -2.16. The number of rotatable bonds is 7. The molecule has 0 atom stereocenters. The van der Waals surface area contributed by atoms with Crippen LogP contribution in [0.15, 0.2) is 41.4 Å². The van der Waals surface area contributed by atoms with Gasteiger partial charge in [-0.2, -0.15) is 4.31 Å². The average Bonchev–Trinajstić information content (AvgIpc) is 3.47. The van der Waals surface area contributed by atoms with Crippen LogP contribution in [-0.4, -0.2) is 60.9 Å². The third-order valence-electron chi connectivity index (χ3n) is 5.74. The zero-order chi connectivity index (χ0) is 21.3. The maximum absolute atomic E-state index is 13.2. The number of sulfonamides is 1. The van der Waals surface area contributed by atoms with Crippen molar-refractivity contribution >= 4 is 15.9 Å². The number of carbonyl (C=O) groups is 1. The number of H-pyrrole nitrogens is 1. The normalized spacial score (nSPS) is 18.0. The van der Waals surface area contributed by atoms with Crippen LogP contribution >= 0.6 is 0 Å². The van der Waals surface area contributed by atoms with E-state index in [2.05, 4.69) is 43.1 Å². The van der Waals surface area contributed by atoms with Gasteiger partial charge in [0.25, 0.3) is 5.91 Å². The summed E-state index contributed by atoms with van der Waals surface area (Å²) in [6.07, 6.45) is 3.38. The molecule has 7 nitrogen and oxygen atoms in total. The van der Waals surface area contributed by atoms with Crippen LogP contribution in [-0.2, 0) is 21.3 Å². The van der Waals surface area contributed by atoms with Gasteiger partial charge >= 0.3 is 0 Å². The molecule has 162 valence electrons. The lowest BCUT2D eigenvalue weighted by atomic mass is 10.0. The van der Waals surface area contributed by atoms with E-state index in [1.54, 1.807) is 0 Å². The van der Waals surface area contributed by atoms with E-state index in [-0.39, 0.29) is 16.8 Å². The van der Waals surface area contributed by atoms with Gasteiger partial charge in [-0.05, 0) is 36.0 Å². The van der Waals surface area contributed by atoms with Crippen molar-refractivity contribution in [2.24, 2.45) is 0 Å². The van der Waals surface area contributed by atoms with Gasteiger partial charge in [0.2, 0.25) is 10.0 Å². The molecule has 4 rings (SSSR count). The molecule has 1 saturated carbocycles. The lowest BCUT2D eigenvalue weighted by Gasteiger charge is -2.25. The molecule has 1 saturated heterocycles. The number of benzene rings is 1. The maximum Gasteiger partial charge on any atom is 0.270 e. The molecule has 1 amide bonds. The van der Waals surface area contributed by atoms with Gasteiger partial charge in [0.1, 0.15) is 10.6 Å². The third kappa shape index (κ3) is 4.45. The molecule has 1 aliphatic carbocycles. The van der Waals surface area contributed by atoms with Gasteiger partial charge in [-0.25, -0.2) is 8.42 Å². The zero-order valence-corrected chi connectivity index (χ0v) is 18.3. The molecule has 30 heavy (non-hydrogen) atoms. The lowest BCUT2D eigenvalue weighted by molar-refractivity contribution is 0.0723. The lowest BCUT2D eigenvalue weighted by Crippen LogP contribution is -2.40. The largest absolute Gasteiger partial charge is 0.379 e. The molecule has 1 N–H and O–H groups in total. The topological polar surface area (TPSA) is 82.7 Å². The standard InChI is InChI=1S/C22H29N3O4S/c1-16(2)18-5-3-17(4-6-18)15-25(19-7-8-19)22(26)21-13-20(14-23-21)30(27,28)24-9-11-29-12-10-24/h3-6,13-14,16,19,23H,7-12,15H2,1-2H3. The highest BCUT2D eigenvalue weighted by Gasteiger charge is 2.35. The van der Waals surface area contributed by atoms with E-state index in [0.29, 0.717) is 44.5 Å². The van der Waals surface area contributed by atoms with Crippen molar-refractivity contribution in [3.8, 4) is 0 Å². The smallest absolute Gasteiger partial charge is 0.270 e. The van der Waals surface area contributed by atoms with Gasteiger partial charge in [-0.3, -0.25) is 4.79 Å². The molecule has 1 aliphatic heterocycles. The monoisotopic (exact) mass is 431 g/mol. The predicted molar refractivity (Wildman–Crippen MR) is 114 cm³/mol. The molecule has 0 unspecified atom stereocenters. The summed E-state index contributed by atoms with van der Waals surface area (Å²) < 4.78 is 32.3. The zero-order valence-electron chi connectivity index (χ0n) is 17.5. The fourth-order valence-corrected chi connectivity index (χ4v) is 5.10. The van der Waals surface area contributed by atoms with Crippen LogP contribution in [0.5, 0.6) is 0 Å².